The van der Waals surface area contributed by atoms with Crippen LogP contribution in [-0.2, 0) is 38.8 Å². The predicted octanol–water partition coefficient (Wildman–Crippen LogP) is 4.51. The molecule has 6 atom stereocenters. The molecular weight excluding hydrogens is 508 g/mol. The molecule has 0 spiro atoms. The Hall–Kier alpha value is -2.30. The normalized spacial score (nSPS) is 25.5. The smallest absolute Gasteiger partial charge is 0.220 e. The molecule has 0 bridgehead atoms. The molecule has 2 N–H and O–H groups in total. The van der Waals surface area contributed by atoms with E-state index in [0.717, 1.165) is 16.7 Å². The maximum atomic E-state index is 11.4. The SMILES string of the molecule is CSC(=S)OC1[C@@H](OCc2ccccc2)[C@H](O)C(OCc2ccccc2)[C@H](O)[C@H]1OCc1ccccc1. The van der Waals surface area contributed by atoms with E-state index in [-0.39, 0.29) is 24.2 Å². The molecule has 1 fully saturated rings. The van der Waals surface area contributed by atoms with E-state index >= 15 is 0 Å². The average molecular weight is 541 g/mol. The van der Waals surface area contributed by atoms with E-state index in [0.29, 0.717) is 0 Å². The Morgan fingerprint density at radius 3 is 1.32 bits per heavy atom. The largest absolute Gasteiger partial charge is 0.469 e. The van der Waals surface area contributed by atoms with Gasteiger partial charge in [0.2, 0.25) is 4.38 Å². The first kappa shape index (κ1) is 27.7. The molecular formula is C29H32O6S2. The van der Waals surface area contributed by atoms with Crippen molar-refractivity contribution in [3.05, 3.63) is 108 Å². The number of aliphatic hydroxyl groups is 2. The van der Waals surface area contributed by atoms with Crippen LogP contribution < -0.4 is 0 Å². The lowest BCUT2D eigenvalue weighted by Crippen LogP contribution is -2.66. The lowest BCUT2D eigenvalue weighted by atomic mass is 9.84. The van der Waals surface area contributed by atoms with Gasteiger partial charge >= 0.3 is 0 Å². The maximum Gasteiger partial charge on any atom is 0.220 e. The average Bonchev–Trinajstić information content (AvgIpc) is 2.94. The van der Waals surface area contributed by atoms with Crippen LogP contribution in [0.3, 0.4) is 0 Å². The van der Waals surface area contributed by atoms with Gasteiger partial charge in [0.1, 0.15) is 30.5 Å². The van der Waals surface area contributed by atoms with Crippen molar-refractivity contribution in [3.8, 4) is 0 Å². The first-order valence-corrected chi connectivity index (χ1v) is 13.8. The molecule has 37 heavy (non-hydrogen) atoms. The highest BCUT2D eigenvalue weighted by Gasteiger charge is 2.53. The third-order valence-corrected chi connectivity index (χ3v) is 7.27. The van der Waals surface area contributed by atoms with Gasteiger partial charge in [0.15, 0.2) is 6.10 Å². The Kier molecular flexibility index (Phi) is 10.5. The highest BCUT2D eigenvalue weighted by Crippen LogP contribution is 2.32. The van der Waals surface area contributed by atoms with Gasteiger partial charge in [-0.15, -0.1) is 0 Å². The summed E-state index contributed by atoms with van der Waals surface area (Å²) in [4.78, 5) is 0. The lowest BCUT2D eigenvalue weighted by molar-refractivity contribution is -0.257. The van der Waals surface area contributed by atoms with E-state index in [1.165, 1.54) is 11.8 Å². The predicted molar refractivity (Wildman–Crippen MR) is 148 cm³/mol. The molecule has 0 aliphatic heterocycles. The molecule has 0 saturated heterocycles. The zero-order valence-electron chi connectivity index (χ0n) is 20.6. The summed E-state index contributed by atoms with van der Waals surface area (Å²) in [6.07, 6.45) is -4.12. The summed E-state index contributed by atoms with van der Waals surface area (Å²) in [5.74, 6) is 0. The second-order valence-electron chi connectivity index (χ2n) is 8.80. The van der Waals surface area contributed by atoms with Crippen molar-refractivity contribution in [2.45, 2.75) is 56.4 Å². The van der Waals surface area contributed by atoms with Crippen LogP contribution in [-0.4, -0.2) is 57.5 Å². The number of hydrogen-bond donors (Lipinski definition) is 2. The molecule has 1 aliphatic carbocycles. The Morgan fingerprint density at radius 2 is 0.973 bits per heavy atom. The van der Waals surface area contributed by atoms with E-state index in [1.807, 2.05) is 97.3 Å². The quantitative estimate of drug-likeness (QED) is 0.364. The van der Waals surface area contributed by atoms with Gasteiger partial charge in [-0.05, 0) is 35.2 Å². The van der Waals surface area contributed by atoms with Crippen molar-refractivity contribution >= 4 is 28.4 Å². The fourth-order valence-electron chi connectivity index (χ4n) is 4.33. The molecule has 0 radical (unpaired) electrons. The number of ether oxygens (including phenoxy) is 4. The summed E-state index contributed by atoms with van der Waals surface area (Å²) < 4.78 is 24.9. The maximum absolute atomic E-state index is 11.4. The number of hydrogen-bond acceptors (Lipinski definition) is 8. The molecule has 0 aromatic heterocycles. The Morgan fingerprint density at radius 1 is 0.622 bits per heavy atom. The first-order chi connectivity index (χ1) is 18.1. The zero-order valence-corrected chi connectivity index (χ0v) is 22.2. The molecule has 4 rings (SSSR count). The molecule has 3 aromatic rings. The minimum atomic E-state index is -1.19. The van der Waals surface area contributed by atoms with E-state index < -0.39 is 36.6 Å². The second-order valence-corrected chi connectivity index (χ2v) is 10.2. The van der Waals surface area contributed by atoms with E-state index in [2.05, 4.69) is 0 Å². The van der Waals surface area contributed by atoms with E-state index in [9.17, 15) is 10.2 Å². The fraction of sp³-hybridized carbons (Fsp3) is 0.345. The standard InChI is InChI=1S/C29H32O6S2/c1-37-29(36)35-28-26(33-18-21-13-7-3-8-14-21)23(30)25(32-17-20-11-5-2-6-12-20)24(31)27(28)34-19-22-15-9-4-10-16-22/h2-16,23-28,30-31H,17-19H2,1H3/t23-,24+,25?,26+,27-,28?. The van der Waals surface area contributed by atoms with Crippen LogP contribution in [0.2, 0.25) is 0 Å². The fourth-order valence-corrected chi connectivity index (χ4v) is 4.65. The van der Waals surface area contributed by atoms with Crippen LogP contribution in [0, 0.1) is 0 Å². The highest BCUT2D eigenvalue weighted by molar-refractivity contribution is 8.22. The number of thioether (sulfide) groups is 1. The Labute approximate surface area is 227 Å². The monoisotopic (exact) mass is 540 g/mol. The summed E-state index contributed by atoms with van der Waals surface area (Å²) in [5, 5.41) is 22.8. The summed E-state index contributed by atoms with van der Waals surface area (Å²) >= 11 is 6.62. The van der Waals surface area contributed by atoms with Crippen LogP contribution in [0.5, 0.6) is 0 Å². The molecule has 0 amide bonds. The third-order valence-electron chi connectivity index (χ3n) is 6.25. The van der Waals surface area contributed by atoms with Gasteiger partial charge < -0.3 is 29.2 Å². The first-order valence-electron chi connectivity index (χ1n) is 12.1. The van der Waals surface area contributed by atoms with Crippen molar-refractivity contribution in [1.29, 1.82) is 0 Å². The molecule has 1 saturated carbocycles. The van der Waals surface area contributed by atoms with Crippen molar-refractivity contribution in [2.75, 3.05) is 6.26 Å². The van der Waals surface area contributed by atoms with Crippen molar-refractivity contribution in [2.24, 2.45) is 0 Å². The minimum Gasteiger partial charge on any atom is -0.469 e. The lowest BCUT2D eigenvalue weighted by Gasteiger charge is -2.46. The van der Waals surface area contributed by atoms with Crippen molar-refractivity contribution in [1.82, 2.24) is 0 Å². The van der Waals surface area contributed by atoms with Gasteiger partial charge in [-0.25, -0.2) is 0 Å². The van der Waals surface area contributed by atoms with E-state index in [1.54, 1.807) is 0 Å². The van der Waals surface area contributed by atoms with Gasteiger partial charge in [-0.1, -0.05) is 103 Å². The highest BCUT2D eigenvalue weighted by atomic mass is 32.2. The summed E-state index contributed by atoms with van der Waals surface area (Å²) in [7, 11) is 0. The van der Waals surface area contributed by atoms with E-state index in [4.69, 9.17) is 31.2 Å². The molecule has 0 heterocycles. The number of thiocarbonyl (C=S) groups is 1. The summed E-state index contributed by atoms with van der Waals surface area (Å²) in [6, 6.07) is 28.9. The number of rotatable bonds is 10. The van der Waals surface area contributed by atoms with Gasteiger partial charge in [0.05, 0.1) is 19.8 Å². The molecule has 196 valence electrons. The number of aliphatic hydroxyl groups excluding tert-OH is 2. The third kappa shape index (κ3) is 7.61. The van der Waals surface area contributed by atoms with Gasteiger partial charge in [0, 0.05) is 0 Å². The van der Waals surface area contributed by atoms with Crippen molar-refractivity contribution < 1.29 is 29.2 Å². The van der Waals surface area contributed by atoms with Crippen LogP contribution in [0.25, 0.3) is 0 Å². The van der Waals surface area contributed by atoms with Gasteiger partial charge in [-0.2, -0.15) is 0 Å². The van der Waals surface area contributed by atoms with Crippen LogP contribution in [0.15, 0.2) is 91.0 Å². The molecule has 6 nitrogen and oxygen atoms in total. The Bertz CT molecular complexity index is 1030. The summed E-state index contributed by atoms with van der Waals surface area (Å²) in [5.41, 5.74) is 2.80. The molecule has 8 heteroatoms. The van der Waals surface area contributed by atoms with Gasteiger partial charge in [0.25, 0.3) is 0 Å². The molecule has 3 aromatic carbocycles. The van der Waals surface area contributed by atoms with Crippen LogP contribution in [0.1, 0.15) is 16.7 Å². The summed E-state index contributed by atoms with van der Waals surface area (Å²) in [6.45, 7) is 0.688. The molecule has 1 aliphatic rings. The van der Waals surface area contributed by atoms with Crippen LogP contribution in [0.4, 0.5) is 0 Å². The minimum absolute atomic E-state index is 0.213. The second kappa shape index (κ2) is 14.0. The Balaban J connectivity index is 1.59. The van der Waals surface area contributed by atoms with Crippen LogP contribution >= 0.6 is 24.0 Å². The zero-order chi connectivity index (χ0) is 26.0. The number of benzene rings is 3. The topological polar surface area (TPSA) is 77.4 Å². The molecule has 2 unspecified atom stereocenters. The van der Waals surface area contributed by atoms with Crippen molar-refractivity contribution in [3.63, 3.8) is 0 Å². The van der Waals surface area contributed by atoms with Gasteiger partial charge in [-0.3, -0.25) is 0 Å².